The van der Waals surface area contributed by atoms with Crippen LogP contribution in [0.2, 0.25) is 0 Å². The summed E-state index contributed by atoms with van der Waals surface area (Å²) in [5, 5.41) is 9.88. The first-order valence-electron chi connectivity index (χ1n) is 5.31. The van der Waals surface area contributed by atoms with Gasteiger partial charge in [0.1, 0.15) is 6.04 Å². The molecule has 2 aromatic rings. The highest BCUT2D eigenvalue weighted by Gasteiger charge is 2.19. The maximum absolute atomic E-state index is 11.0. The zero-order chi connectivity index (χ0) is 12.6. The molecule has 1 unspecified atom stereocenters. The number of fused-ring (bicyclic) bond motifs is 1. The zero-order valence-corrected chi connectivity index (χ0v) is 10.9. The summed E-state index contributed by atoms with van der Waals surface area (Å²) in [7, 11) is 0. The van der Waals surface area contributed by atoms with Crippen LogP contribution in [0, 0.1) is 0 Å². The molecule has 5 heteroatoms. The number of hydrogen-bond acceptors (Lipinski definition) is 2. The van der Waals surface area contributed by atoms with Crippen molar-refractivity contribution in [2.75, 3.05) is 0 Å². The number of carbonyl (C=O) groups is 1. The van der Waals surface area contributed by atoms with Crippen LogP contribution < -0.4 is 5.73 Å². The second-order valence-corrected chi connectivity index (χ2v) is 4.76. The van der Waals surface area contributed by atoms with Crippen molar-refractivity contribution in [2.45, 2.75) is 19.5 Å². The van der Waals surface area contributed by atoms with Crippen LogP contribution in [-0.4, -0.2) is 15.6 Å². The van der Waals surface area contributed by atoms with E-state index < -0.39 is 12.0 Å². The van der Waals surface area contributed by atoms with Gasteiger partial charge in [0.2, 0.25) is 0 Å². The summed E-state index contributed by atoms with van der Waals surface area (Å²) in [6.07, 6.45) is 1.82. The molecule has 4 nitrogen and oxygen atoms in total. The molecule has 0 saturated carbocycles. The topological polar surface area (TPSA) is 68.2 Å². The molecule has 1 heterocycles. The summed E-state index contributed by atoms with van der Waals surface area (Å²) in [5.41, 5.74) is 7.33. The molecule has 3 N–H and O–H groups in total. The summed E-state index contributed by atoms with van der Waals surface area (Å²) >= 11 is 3.41. The lowest BCUT2D eigenvalue weighted by molar-refractivity contribution is -0.138. The average molecular weight is 297 g/mol. The number of nitrogens with two attached hydrogens (primary N) is 1. The van der Waals surface area contributed by atoms with Gasteiger partial charge in [0.25, 0.3) is 0 Å². The number of carboxylic acids is 1. The number of nitrogens with zero attached hydrogens (tertiary/aromatic N) is 1. The Morgan fingerprint density at radius 3 is 2.88 bits per heavy atom. The fraction of sp³-hybridized carbons (Fsp3) is 0.250. The molecule has 90 valence electrons. The van der Waals surface area contributed by atoms with Crippen molar-refractivity contribution in [3.05, 3.63) is 34.4 Å². The number of benzene rings is 1. The van der Waals surface area contributed by atoms with Gasteiger partial charge >= 0.3 is 5.97 Å². The monoisotopic (exact) mass is 296 g/mol. The predicted octanol–water partition coefficient (Wildman–Crippen LogP) is 2.51. The van der Waals surface area contributed by atoms with E-state index in [2.05, 4.69) is 15.9 Å². The lowest BCUT2D eigenvalue weighted by atomic mass is 10.1. The van der Waals surface area contributed by atoms with Crippen molar-refractivity contribution in [1.29, 1.82) is 0 Å². The Labute approximate surface area is 107 Å². The standard InChI is InChI=1S/C12H13BrN2O2/c1-2-15-6-9(11(14)12(16)17)8-4-3-7(13)5-10(8)15/h3-6,11H,2,14H2,1H3,(H,16,17). The summed E-state index contributed by atoms with van der Waals surface area (Å²) in [6, 6.07) is 4.77. The van der Waals surface area contributed by atoms with Crippen molar-refractivity contribution in [3.63, 3.8) is 0 Å². The number of aromatic nitrogens is 1. The predicted molar refractivity (Wildman–Crippen MR) is 69.9 cm³/mol. The van der Waals surface area contributed by atoms with Crippen molar-refractivity contribution in [1.82, 2.24) is 4.57 Å². The van der Waals surface area contributed by atoms with E-state index in [1.807, 2.05) is 35.9 Å². The third kappa shape index (κ3) is 2.08. The number of carboxylic acid groups (broad SMARTS) is 1. The molecule has 1 aromatic heterocycles. The third-order valence-corrected chi connectivity index (χ3v) is 3.31. The Bertz CT molecular complexity index is 577. The molecule has 0 fully saturated rings. The molecule has 17 heavy (non-hydrogen) atoms. The zero-order valence-electron chi connectivity index (χ0n) is 9.35. The smallest absolute Gasteiger partial charge is 0.325 e. The molecule has 1 atom stereocenters. The Kier molecular flexibility index (Phi) is 3.22. The third-order valence-electron chi connectivity index (χ3n) is 2.82. The van der Waals surface area contributed by atoms with Gasteiger partial charge < -0.3 is 15.4 Å². The molecule has 0 aliphatic heterocycles. The summed E-state index contributed by atoms with van der Waals surface area (Å²) < 4.78 is 2.96. The Morgan fingerprint density at radius 1 is 1.59 bits per heavy atom. The maximum atomic E-state index is 11.0. The largest absolute Gasteiger partial charge is 0.480 e. The van der Waals surface area contributed by atoms with Gasteiger partial charge in [0.05, 0.1) is 0 Å². The first-order chi connectivity index (χ1) is 8.04. The minimum atomic E-state index is -1.01. The van der Waals surface area contributed by atoms with E-state index >= 15 is 0 Å². The molecule has 0 spiro atoms. The number of hydrogen-bond donors (Lipinski definition) is 2. The van der Waals surface area contributed by atoms with Gasteiger partial charge in [-0.1, -0.05) is 22.0 Å². The fourth-order valence-electron chi connectivity index (χ4n) is 1.94. The highest BCUT2D eigenvalue weighted by atomic mass is 79.9. The van der Waals surface area contributed by atoms with Crippen LogP contribution in [0.25, 0.3) is 10.9 Å². The Balaban J connectivity index is 2.69. The second-order valence-electron chi connectivity index (χ2n) is 3.85. The molecule has 0 radical (unpaired) electrons. The normalized spacial score (nSPS) is 12.9. The minimum absolute atomic E-state index is 0.654. The molecule has 0 bridgehead atoms. The highest BCUT2D eigenvalue weighted by Crippen LogP contribution is 2.28. The van der Waals surface area contributed by atoms with Crippen molar-refractivity contribution >= 4 is 32.8 Å². The van der Waals surface area contributed by atoms with E-state index in [-0.39, 0.29) is 0 Å². The van der Waals surface area contributed by atoms with Crippen LogP contribution in [0.5, 0.6) is 0 Å². The van der Waals surface area contributed by atoms with Crippen LogP contribution in [0.4, 0.5) is 0 Å². The van der Waals surface area contributed by atoms with Crippen molar-refractivity contribution in [3.8, 4) is 0 Å². The van der Waals surface area contributed by atoms with E-state index in [0.29, 0.717) is 5.56 Å². The van der Waals surface area contributed by atoms with E-state index in [1.165, 1.54) is 0 Å². The SMILES string of the molecule is CCn1cc(C(N)C(=O)O)c2ccc(Br)cc21. The molecule has 0 aliphatic rings. The van der Waals surface area contributed by atoms with Crippen LogP contribution in [-0.2, 0) is 11.3 Å². The van der Waals surface area contributed by atoms with Crippen LogP contribution in [0.3, 0.4) is 0 Å². The number of aliphatic carboxylic acids is 1. The van der Waals surface area contributed by atoms with Gasteiger partial charge in [-0.25, -0.2) is 0 Å². The second kappa shape index (κ2) is 4.50. The lowest BCUT2D eigenvalue weighted by Crippen LogP contribution is -2.20. The quantitative estimate of drug-likeness (QED) is 0.914. The van der Waals surface area contributed by atoms with Gasteiger partial charge in [-0.15, -0.1) is 0 Å². The van der Waals surface area contributed by atoms with Gasteiger partial charge in [-0.2, -0.15) is 0 Å². The maximum Gasteiger partial charge on any atom is 0.325 e. The number of rotatable bonds is 3. The van der Waals surface area contributed by atoms with Gasteiger partial charge in [0.15, 0.2) is 0 Å². The first kappa shape index (κ1) is 12.1. The summed E-state index contributed by atoms with van der Waals surface area (Å²) in [5.74, 6) is -1.01. The van der Waals surface area contributed by atoms with Gasteiger partial charge in [-0.05, 0) is 19.1 Å². The van der Waals surface area contributed by atoms with E-state index in [4.69, 9.17) is 10.8 Å². The fourth-order valence-corrected chi connectivity index (χ4v) is 2.28. The van der Waals surface area contributed by atoms with E-state index in [1.54, 1.807) is 0 Å². The minimum Gasteiger partial charge on any atom is -0.480 e. The molecule has 2 rings (SSSR count). The highest BCUT2D eigenvalue weighted by molar-refractivity contribution is 9.10. The summed E-state index contributed by atoms with van der Waals surface area (Å²) in [6.45, 7) is 2.79. The van der Waals surface area contributed by atoms with Crippen molar-refractivity contribution in [2.24, 2.45) is 5.73 Å². The molecule has 1 aromatic carbocycles. The van der Waals surface area contributed by atoms with Gasteiger partial charge in [-0.3, -0.25) is 4.79 Å². The Morgan fingerprint density at radius 2 is 2.29 bits per heavy atom. The van der Waals surface area contributed by atoms with E-state index in [0.717, 1.165) is 21.9 Å². The van der Waals surface area contributed by atoms with Crippen molar-refractivity contribution < 1.29 is 9.90 Å². The lowest BCUT2D eigenvalue weighted by Gasteiger charge is -2.04. The molecule has 0 aliphatic carbocycles. The molecule has 0 saturated heterocycles. The van der Waals surface area contributed by atoms with E-state index in [9.17, 15) is 4.79 Å². The van der Waals surface area contributed by atoms with Gasteiger partial charge in [0, 0.05) is 33.7 Å². The average Bonchev–Trinajstić information content (AvgIpc) is 2.65. The number of aryl methyl sites for hydroxylation is 1. The van der Waals surface area contributed by atoms with Crippen LogP contribution in [0.1, 0.15) is 18.5 Å². The summed E-state index contributed by atoms with van der Waals surface area (Å²) in [4.78, 5) is 11.0. The molecular formula is C12H13BrN2O2. The molecule has 0 amide bonds. The van der Waals surface area contributed by atoms with Crippen LogP contribution >= 0.6 is 15.9 Å². The van der Waals surface area contributed by atoms with Crippen LogP contribution in [0.15, 0.2) is 28.9 Å². The Hall–Kier alpha value is -1.33. The number of halogens is 1. The first-order valence-corrected chi connectivity index (χ1v) is 6.10. The molecular weight excluding hydrogens is 284 g/mol.